The number of hydrogen-bond acceptors (Lipinski definition) is 2. The van der Waals surface area contributed by atoms with Gasteiger partial charge >= 0.3 is 0 Å². The zero-order valence-corrected chi connectivity index (χ0v) is 13.7. The fourth-order valence-corrected chi connectivity index (χ4v) is 2.75. The molecule has 2 rings (SSSR count). The molecule has 0 aliphatic carbocycles. The van der Waals surface area contributed by atoms with E-state index in [1.807, 2.05) is 13.0 Å². The van der Waals surface area contributed by atoms with Crippen molar-refractivity contribution in [2.45, 2.75) is 59.0 Å². The van der Waals surface area contributed by atoms with E-state index < -0.39 is 6.10 Å². The van der Waals surface area contributed by atoms with E-state index in [9.17, 15) is 5.11 Å². The van der Waals surface area contributed by atoms with E-state index in [1.54, 1.807) is 6.26 Å². The number of aliphatic hydroxyl groups is 1. The summed E-state index contributed by atoms with van der Waals surface area (Å²) in [6.45, 7) is 10.8. The second-order valence-corrected chi connectivity index (χ2v) is 6.25. The summed E-state index contributed by atoms with van der Waals surface area (Å²) in [5.74, 6) is 1.74. The van der Waals surface area contributed by atoms with Crippen molar-refractivity contribution in [3.8, 4) is 0 Å². The van der Waals surface area contributed by atoms with Gasteiger partial charge in [0.05, 0.1) is 6.26 Å². The van der Waals surface area contributed by atoms with Crippen molar-refractivity contribution in [2.24, 2.45) is 0 Å². The van der Waals surface area contributed by atoms with Crippen LogP contribution in [0, 0.1) is 0 Å². The minimum absolute atomic E-state index is 0.380. The minimum atomic E-state index is -0.614. The molecule has 1 heterocycles. The van der Waals surface area contributed by atoms with Crippen molar-refractivity contribution < 1.29 is 9.52 Å². The summed E-state index contributed by atoms with van der Waals surface area (Å²) in [4.78, 5) is 0. The fraction of sp³-hybridized carbons (Fsp3) is 0.474. The number of aliphatic hydroxyl groups excluding tert-OH is 1. The van der Waals surface area contributed by atoms with Gasteiger partial charge in [-0.05, 0) is 34.6 Å². The Labute approximate surface area is 127 Å². The summed E-state index contributed by atoms with van der Waals surface area (Å²) in [7, 11) is 0. The number of rotatable bonds is 5. The maximum absolute atomic E-state index is 10.8. The highest BCUT2D eigenvalue weighted by Gasteiger charge is 2.21. The van der Waals surface area contributed by atoms with Crippen molar-refractivity contribution in [1.29, 1.82) is 0 Å². The molecule has 1 aromatic heterocycles. The molecule has 0 aliphatic rings. The smallest absolute Gasteiger partial charge is 0.109 e. The van der Waals surface area contributed by atoms with E-state index in [0.29, 0.717) is 11.8 Å². The maximum atomic E-state index is 10.8. The van der Waals surface area contributed by atoms with Crippen molar-refractivity contribution >= 4 is 0 Å². The van der Waals surface area contributed by atoms with Crippen LogP contribution in [-0.2, 0) is 6.42 Å². The molecular weight excluding hydrogens is 260 g/mol. The second kappa shape index (κ2) is 6.48. The van der Waals surface area contributed by atoms with Crippen LogP contribution in [0.4, 0.5) is 0 Å². The normalized spacial score (nSPS) is 13.1. The van der Waals surface area contributed by atoms with E-state index in [4.69, 9.17) is 4.42 Å². The lowest BCUT2D eigenvalue weighted by Gasteiger charge is -2.20. The maximum Gasteiger partial charge on any atom is 0.109 e. The van der Waals surface area contributed by atoms with Gasteiger partial charge in [-0.15, -0.1) is 0 Å². The minimum Gasteiger partial charge on any atom is -0.469 e. The van der Waals surface area contributed by atoms with Crippen molar-refractivity contribution in [1.82, 2.24) is 0 Å². The summed E-state index contributed by atoms with van der Waals surface area (Å²) < 4.78 is 5.46. The van der Waals surface area contributed by atoms with Gasteiger partial charge in [-0.1, -0.05) is 52.8 Å². The van der Waals surface area contributed by atoms with Crippen LogP contribution < -0.4 is 0 Å². The van der Waals surface area contributed by atoms with Crippen LogP contribution in [0.1, 0.15) is 80.6 Å². The van der Waals surface area contributed by atoms with Gasteiger partial charge in [-0.3, -0.25) is 0 Å². The second-order valence-electron chi connectivity index (χ2n) is 6.25. The van der Waals surface area contributed by atoms with E-state index >= 15 is 0 Å². The average molecular weight is 286 g/mol. The zero-order valence-electron chi connectivity index (χ0n) is 13.7. The summed E-state index contributed by atoms with van der Waals surface area (Å²) in [5, 5.41) is 10.8. The Morgan fingerprint density at radius 3 is 2.24 bits per heavy atom. The molecule has 1 N–H and O–H groups in total. The number of benzene rings is 1. The SMILES string of the molecule is CCc1occc1C(O)c1ccc(C(C)C)cc1C(C)C. The van der Waals surface area contributed by atoms with E-state index in [-0.39, 0.29) is 0 Å². The van der Waals surface area contributed by atoms with Crippen LogP contribution in [0.3, 0.4) is 0 Å². The molecule has 2 aromatic rings. The van der Waals surface area contributed by atoms with Gasteiger partial charge in [0.15, 0.2) is 0 Å². The molecule has 1 unspecified atom stereocenters. The van der Waals surface area contributed by atoms with Crippen LogP contribution in [0.15, 0.2) is 34.9 Å². The third kappa shape index (κ3) is 3.21. The average Bonchev–Trinajstić information content (AvgIpc) is 2.94. The first kappa shape index (κ1) is 15.8. The topological polar surface area (TPSA) is 33.4 Å². The Kier molecular flexibility index (Phi) is 4.89. The van der Waals surface area contributed by atoms with Crippen molar-refractivity contribution in [2.75, 3.05) is 0 Å². The fourth-order valence-electron chi connectivity index (χ4n) is 2.75. The lowest BCUT2D eigenvalue weighted by atomic mass is 9.87. The Balaban J connectivity index is 2.47. The molecule has 21 heavy (non-hydrogen) atoms. The molecule has 0 radical (unpaired) electrons. The molecule has 114 valence electrons. The Hall–Kier alpha value is -1.54. The van der Waals surface area contributed by atoms with Crippen molar-refractivity contribution in [3.05, 3.63) is 58.5 Å². The van der Waals surface area contributed by atoms with Gasteiger partial charge in [0.25, 0.3) is 0 Å². The first-order valence-electron chi connectivity index (χ1n) is 7.83. The highest BCUT2D eigenvalue weighted by Crippen LogP contribution is 2.33. The van der Waals surface area contributed by atoms with Crippen LogP contribution in [0.2, 0.25) is 0 Å². The van der Waals surface area contributed by atoms with Gasteiger partial charge in [-0.2, -0.15) is 0 Å². The molecule has 2 nitrogen and oxygen atoms in total. The van der Waals surface area contributed by atoms with Crippen LogP contribution in [0.25, 0.3) is 0 Å². The summed E-state index contributed by atoms with van der Waals surface area (Å²) >= 11 is 0. The van der Waals surface area contributed by atoms with Gasteiger partial charge in [0, 0.05) is 12.0 Å². The summed E-state index contributed by atoms with van der Waals surface area (Å²) in [6, 6.07) is 8.31. The number of furan rings is 1. The van der Waals surface area contributed by atoms with E-state index in [2.05, 4.69) is 45.9 Å². The van der Waals surface area contributed by atoms with Gasteiger partial charge in [-0.25, -0.2) is 0 Å². The molecular formula is C19H26O2. The highest BCUT2D eigenvalue weighted by molar-refractivity contribution is 5.41. The molecule has 1 atom stereocenters. The van der Waals surface area contributed by atoms with Crippen molar-refractivity contribution in [3.63, 3.8) is 0 Å². The Morgan fingerprint density at radius 2 is 1.67 bits per heavy atom. The molecule has 0 aliphatic heterocycles. The van der Waals surface area contributed by atoms with Crippen LogP contribution in [0.5, 0.6) is 0 Å². The molecule has 0 spiro atoms. The first-order valence-corrected chi connectivity index (χ1v) is 7.83. The number of hydrogen-bond donors (Lipinski definition) is 1. The Morgan fingerprint density at radius 1 is 0.952 bits per heavy atom. The largest absolute Gasteiger partial charge is 0.469 e. The van der Waals surface area contributed by atoms with Gasteiger partial charge < -0.3 is 9.52 Å². The predicted octanol–water partition coefficient (Wildman–Crippen LogP) is 5.17. The molecule has 0 saturated carbocycles. The lowest BCUT2D eigenvalue weighted by Crippen LogP contribution is -2.07. The van der Waals surface area contributed by atoms with Gasteiger partial charge in [0.2, 0.25) is 0 Å². The third-order valence-electron chi connectivity index (χ3n) is 4.09. The van der Waals surface area contributed by atoms with Crippen LogP contribution in [-0.4, -0.2) is 5.11 Å². The summed E-state index contributed by atoms with van der Waals surface area (Å²) in [6.07, 6.45) is 1.84. The molecule has 0 amide bonds. The van der Waals surface area contributed by atoms with E-state index in [1.165, 1.54) is 11.1 Å². The monoisotopic (exact) mass is 286 g/mol. The summed E-state index contributed by atoms with van der Waals surface area (Å²) in [5.41, 5.74) is 4.41. The molecule has 0 saturated heterocycles. The standard InChI is InChI=1S/C19H26O2/c1-6-18-16(9-10-21-18)19(20)15-8-7-14(12(2)3)11-17(15)13(4)5/h7-13,19-20H,6H2,1-5H3. The quantitative estimate of drug-likeness (QED) is 0.822. The zero-order chi connectivity index (χ0) is 15.6. The lowest BCUT2D eigenvalue weighted by molar-refractivity contribution is 0.216. The molecule has 0 fully saturated rings. The molecule has 0 bridgehead atoms. The molecule has 2 heteroatoms. The van der Waals surface area contributed by atoms with Gasteiger partial charge in [0.1, 0.15) is 11.9 Å². The predicted molar refractivity (Wildman–Crippen MR) is 86.8 cm³/mol. The number of aryl methyl sites for hydroxylation is 1. The van der Waals surface area contributed by atoms with E-state index in [0.717, 1.165) is 23.3 Å². The van der Waals surface area contributed by atoms with Crippen LogP contribution >= 0.6 is 0 Å². The highest BCUT2D eigenvalue weighted by atomic mass is 16.3. The first-order chi connectivity index (χ1) is 9.95. The third-order valence-corrected chi connectivity index (χ3v) is 4.09. The Bertz CT molecular complexity index is 593. The molecule has 1 aromatic carbocycles.